The number of esters is 3. The molecule has 3 N–H and O–H groups in total. The zero-order valence-electron chi connectivity index (χ0n) is 22.9. The summed E-state index contributed by atoms with van der Waals surface area (Å²) in [4.78, 5) is 38.8. The highest BCUT2D eigenvalue weighted by molar-refractivity contribution is 6.00. The average Bonchev–Trinajstić information content (AvgIpc) is 3.01. The summed E-state index contributed by atoms with van der Waals surface area (Å²) in [7, 11) is 0. The number of hydrogen-bond donors (Lipinski definition) is 3. The first-order valence-corrected chi connectivity index (χ1v) is 13.2. The highest BCUT2D eigenvalue weighted by atomic mass is 16.6. The van der Waals surface area contributed by atoms with Crippen molar-refractivity contribution < 1.29 is 43.9 Å². The zero-order valence-corrected chi connectivity index (χ0v) is 22.9. The minimum absolute atomic E-state index is 0.0165. The molecule has 0 aliphatic carbocycles. The molecule has 218 valence electrons. The van der Waals surface area contributed by atoms with Gasteiger partial charge in [0, 0.05) is 6.07 Å². The number of para-hydroxylation sites is 3. The Morgan fingerprint density at radius 2 is 0.932 bits per heavy atom. The molecule has 0 aliphatic heterocycles. The molecule has 0 heterocycles. The van der Waals surface area contributed by atoms with Crippen molar-refractivity contribution in [1.82, 2.24) is 0 Å². The SMILES string of the molecule is O=C(Oc1ccccc1C(=O)Oc1ccccc1C(=O)Oc1ccc(/C=C/c2cc(O)cc(O)c2)cc1)c1ccccc1O. The smallest absolute Gasteiger partial charge is 0.347 e. The third-order valence-electron chi connectivity index (χ3n) is 6.23. The maximum absolute atomic E-state index is 13.1. The summed E-state index contributed by atoms with van der Waals surface area (Å²) in [5.41, 5.74) is 1.19. The fraction of sp³-hybridized carbons (Fsp3) is 0. The molecule has 0 aliphatic rings. The number of phenolic OH excluding ortho intramolecular Hbond substituents is 3. The highest BCUT2D eigenvalue weighted by Crippen LogP contribution is 2.27. The van der Waals surface area contributed by atoms with Crippen LogP contribution in [0.3, 0.4) is 0 Å². The summed E-state index contributed by atoms with van der Waals surface area (Å²) in [6.45, 7) is 0. The summed E-state index contributed by atoms with van der Waals surface area (Å²) in [5, 5.41) is 29.2. The van der Waals surface area contributed by atoms with Crippen molar-refractivity contribution in [2.75, 3.05) is 0 Å². The fourth-order valence-corrected chi connectivity index (χ4v) is 4.12. The zero-order chi connectivity index (χ0) is 31.1. The van der Waals surface area contributed by atoms with Crippen molar-refractivity contribution in [3.8, 4) is 34.5 Å². The van der Waals surface area contributed by atoms with Crippen LogP contribution in [0.5, 0.6) is 34.5 Å². The van der Waals surface area contributed by atoms with Gasteiger partial charge in [-0.05, 0) is 71.8 Å². The molecule has 0 aromatic heterocycles. The maximum atomic E-state index is 13.1. The molecule has 9 heteroatoms. The lowest BCUT2D eigenvalue weighted by atomic mass is 10.1. The molecule has 5 rings (SSSR count). The summed E-state index contributed by atoms with van der Waals surface area (Å²) in [5.74, 6) is -2.85. The Hall–Kier alpha value is -6.35. The number of carbonyl (C=O) groups excluding carboxylic acids is 3. The van der Waals surface area contributed by atoms with Crippen LogP contribution in [0.25, 0.3) is 12.2 Å². The average molecular weight is 589 g/mol. The Kier molecular flexibility index (Phi) is 8.67. The normalized spacial score (nSPS) is 10.7. The van der Waals surface area contributed by atoms with Gasteiger partial charge >= 0.3 is 17.9 Å². The van der Waals surface area contributed by atoms with Crippen molar-refractivity contribution in [2.45, 2.75) is 0 Å². The minimum Gasteiger partial charge on any atom is -0.508 e. The van der Waals surface area contributed by atoms with Crippen LogP contribution in [0.4, 0.5) is 0 Å². The van der Waals surface area contributed by atoms with E-state index in [1.54, 1.807) is 72.8 Å². The largest absolute Gasteiger partial charge is 0.508 e. The number of rotatable bonds is 8. The third-order valence-corrected chi connectivity index (χ3v) is 6.23. The van der Waals surface area contributed by atoms with Gasteiger partial charge in [0.25, 0.3) is 0 Å². The molecule has 0 fully saturated rings. The molecular formula is C35H24O9. The number of benzene rings is 5. The molecule has 0 saturated heterocycles. The van der Waals surface area contributed by atoms with E-state index in [0.29, 0.717) is 5.56 Å². The van der Waals surface area contributed by atoms with E-state index >= 15 is 0 Å². The van der Waals surface area contributed by atoms with Crippen LogP contribution in [0.15, 0.2) is 115 Å². The second-order valence-electron chi connectivity index (χ2n) is 9.36. The topological polar surface area (TPSA) is 140 Å². The van der Waals surface area contributed by atoms with Gasteiger partial charge in [0.2, 0.25) is 0 Å². The lowest BCUT2D eigenvalue weighted by molar-refractivity contribution is 0.0699. The van der Waals surface area contributed by atoms with Gasteiger partial charge < -0.3 is 29.5 Å². The third kappa shape index (κ3) is 7.10. The predicted molar refractivity (Wildman–Crippen MR) is 161 cm³/mol. The van der Waals surface area contributed by atoms with E-state index in [4.69, 9.17) is 14.2 Å². The monoisotopic (exact) mass is 588 g/mol. The number of ether oxygens (including phenoxy) is 3. The second-order valence-corrected chi connectivity index (χ2v) is 9.36. The van der Waals surface area contributed by atoms with Crippen LogP contribution in [0.1, 0.15) is 42.2 Å². The molecule has 44 heavy (non-hydrogen) atoms. The minimum atomic E-state index is -0.887. The van der Waals surface area contributed by atoms with Crippen LogP contribution in [0.2, 0.25) is 0 Å². The van der Waals surface area contributed by atoms with Crippen molar-refractivity contribution in [1.29, 1.82) is 0 Å². The van der Waals surface area contributed by atoms with E-state index in [-0.39, 0.29) is 51.2 Å². The van der Waals surface area contributed by atoms with E-state index in [0.717, 1.165) is 5.56 Å². The van der Waals surface area contributed by atoms with Crippen LogP contribution in [-0.2, 0) is 0 Å². The van der Waals surface area contributed by atoms with Gasteiger partial charge in [-0.1, -0.05) is 60.7 Å². The molecule has 0 atom stereocenters. The summed E-state index contributed by atoms with van der Waals surface area (Å²) < 4.78 is 16.4. The predicted octanol–water partition coefficient (Wildman–Crippen LogP) is 6.63. The van der Waals surface area contributed by atoms with Crippen molar-refractivity contribution in [3.63, 3.8) is 0 Å². The molecule has 0 unspecified atom stereocenters. The quantitative estimate of drug-likeness (QED) is 0.103. The van der Waals surface area contributed by atoms with E-state index in [9.17, 15) is 29.7 Å². The first kappa shape index (κ1) is 29.2. The summed E-state index contributed by atoms with van der Waals surface area (Å²) in [6, 6.07) is 28.6. The highest BCUT2D eigenvalue weighted by Gasteiger charge is 2.22. The molecule has 0 spiro atoms. The van der Waals surface area contributed by atoms with Gasteiger partial charge in [0.05, 0.1) is 0 Å². The Morgan fingerprint density at radius 3 is 1.50 bits per heavy atom. The Morgan fingerprint density at radius 1 is 0.477 bits per heavy atom. The fourth-order valence-electron chi connectivity index (χ4n) is 4.12. The van der Waals surface area contributed by atoms with Gasteiger partial charge in [-0.2, -0.15) is 0 Å². The summed E-state index contributed by atoms with van der Waals surface area (Å²) >= 11 is 0. The van der Waals surface area contributed by atoms with Gasteiger partial charge in [-0.25, -0.2) is 14.4 Å². The Bertz CT molecular complexity index is 1850. The van der Waals surface area contributed by atoms with Crippen LogP contribution in [-0.4, -0.2) is 33.2 Å². The number of carbonyl (C=O) groups is 3. The number of aromatic hydroxyl groups is 3. The van der Waals surface area contributed by atoms with Crippen LogP contribution < -0.4 is 14.2 Å². The molecule has 5 aromatic rings. The van der Waals surface area contributed by atoms with Gasteiger partial charge in [0.15, 0.2) is 0 Å². The Labute approximate surface area is 251 Å². The summed E-state index contributed by atoms with van der Waals surface area (Å²) in [6.07, 6.45) is 3.46. The molecule has 0 bridgehead atoms. The van der Waals surface area contributed by atoms with Gasteiger partial charge in [0.1, 0.15) is 51.2 Å². The second kappa shape index (κ2) is 13.1. The van der Waals surface area contributed by atoms with E-state index < -0.39 is 17.9 Å². The molecule has 0 saturated carbocycles. The van der Waals surface area contributed by atoms with Crippen molar-refractivity contribution >= 4 is 30.1 Å². The van der Waals surface area contributed by atoms with Crippen LogP contribution >= 0.6 is 0 Å². The standard InChI is InChI=1S/C35H24O9/c36-24-19-23(20-25(37)21-24)14-13-22-15-17-26(18-16-22)42-34(40)28-8-2-5-11-31(28)44-35(41)29-9-3-6-12-32(29)43-33(39)27-7-1-4-10-30(27)38/h1-21,36-38H/b14-13+. The molecule has 0 amide bonds. The van der Waals surface area contributed by atoms with E-state index in [1.807, 2.05) is 0 Å². The molecule has 9 nitrogen and oxygen atoms in total. The van der Waals surface area contributed by atoms with Gasteiger partial charge in [-0.3, -0.25) is 0 Å². The maximum Gasteiger partial charge on any atom is 0.347 e. The van der Waals surface area contributed by atoms with Crippen molar-refractivity contribution in [2.24, 2.45) is 0 Å². The van der Waals surface area contributed by atoms with Gasteiger partial charge in [-0.15, -0.1) is 0 Å². The van der Waals surface area contributed by atoms with E-state index in [1.165, 1.54) is 54.6 Å². The molecular weight excluding hydrogens is 564 g/mol. The molecule has 5 aromatic carbocycles. The van der Waals surface area contributed by atoms with Crippen molar-refractivity contribution in [3.05, 3.63) is 143 Å². The first-order valence-electron chi connectivity index (χ1n) is 13.2. The lowest BCUT2D eigenvalue weighted by Gasteiger charge is -2.12. The molecule has 0 radical (unpaired) electrons. The Balaban J connectivity index is 1.27. The van der Waals surface area contributed by atoms with Crippen LogP contribution in [0, 0.1) is 0 Å². The number of phenols is 3. The van der Waals surface area contributed by atoms with E-state index in [2.05, 4.69) is 0 Å². The number of hydrogen-bond acceptors (Lipinski definition) is 9. The lowest BCUT2D eigenvalue weighted by Crippen LogP contribution is -2.17. The first-order chi connectivity index (χ1) is 21.3.